The Morgan fingerprint density at radius 1 is 1.25 bits per heavy atom. The smallest absolute Gasteiger partial charge is 0.250 e. The van der Waals surface area contributed by atoms with Crippen LogP contribution in [0.3, 0.4) is 0 Å². The van der Waals surface area contributed by atoms with Crippen LogP contribution in [-0.4, -0.2) is 26.4 Å². The molecule has 8 heteroatoms. The lowest BCUT2D eigenvalue weighted by molar-refractivity contribution is 0.104. The number of carbonyl (C=O) groups excluding carboxylic acids is 1. The van der Waals surface area contributed by atoms with Gasteiger partial charge >= 0.3 is 0 Å². The number of hydrogen-bond donors (Lipinski definition) is 2. The Balaban J connectivity index is 1.59. The molecule has 3 N–H and O–H groups in total. The Morgan fingerprint density at radius 2 is 2.00 bits per heavy atom. The molecule has 0 saturated heterocycles. The molecule has 7 nitrogen and oxygen atoms in total. The molecular weight excluding hydrogens is 457 g/mol. The number of nitrogens with zero attached hydrogens (tertiary/aromatic N) is 3. The summed E-state index contributed by atoms with van der Waals surface area (Å²) in [7, 11) is 0. The number of allylic oxidation sites excluding steroid dienone is 1. The largest absolute Gasteiger partial charge is 0.398 e. The van der Waals surface area contributed by atoms with E-state index in [1.54, 1.807) is 42.1 Å². The molecule has 0 aliphatic heterocycles. The molecule has 0 unspecified atom stereocenters. The summed E-state index contributed by atoms with van der Waals surface area (Å²) in [4.78, 5) is 34.3. The van der Waals surface area contributed by atoms with Crippen molar-refractivity contribution in [2.24, 2.45) is 5.73 Å². The van der Waals surface area contributed by atoms with Gasteiger partial charge in [-0.25, -0.2) is 9.37 Å². The van der Waals surface area contributed by atoms with Crippen molar-refractivity contribution in [1.82, 2.24) is 19.9 Å². The fourth-order valence-corrected chi connectivity index (χ4v) is 4.18. The summed E-state index contributed by atoms with van der Waals surface area (Å²) in [6.45, 7) is 6.35. The highest BCUT2D eigenvalue weighted by molar-refractivity contribution is 6.07. The first-order valence-corrected chi connectivity index (χ1v) is 12.4. The second-order valence-electron chi connectivity index (χ2n) is 9.26. The fraction of sp³-hybridized carbons (Fsp3) is 0.357. The molecule has 36 heavy (non-hydrogen) atoms. The van der Waals surface area contributed by atoms with E-state index in [1.807, 2.05) is 13.8 Å². The van der Waals surface area contributed by atoms with Crippen molar-refractivity contribution in [3.63, 3.8) is 0 Å². The number of aromatic nitrogens is 3. The third-order valence-corrected chi connectivity index (χ3v) is 6.56. The first kappa shape index (κ1) is 25.4. The summed E-state index contributed by atoms with van der Waals surface area (Å²) in [6, 6.07) is 8.61. The molecule has 1 fully saturated rings. The monoisotopic (exact) mass is 489 g/mol. The van der Waals surface area contributed by atoms with E-state index < -0.39 is 11.6 Å². The highest BCUT2D eigenvalue weighted by Crippen LogP contribution is 2.22. The maximum atomic E-state index is 14.7. The predicted octanol–water partition coefficient (Wildman–Crippen LogP) is 4.55. The molecule has 3 aromatic rings. The fourth-order valence-electron chi connectivity index (χ4n) is 4.18. The van der Waals surface area contributed by atoms with Crippen LogP contribution in [0, 0.1) is 12.7 Å². The number of carbonyl (C=O) groups is 1. The van der Waals surface area contributed by atoms with Gasteiger partial charge in [0.25, 0.3) is 5.56 Å². The van der Waals surface area contributed by atoms with Gasteiger partial charge in [0.15, 0.2) is 0 Å². The first-order chi connectivity index (χ1) is 17.3. The average molecular weight is 490 g/mol. The molecule has 0 radical (unpaired) electrons. The number of nitrogens with one attached hydrogen (secondary N) is 1. The highest BCUT2D eigenvalue weighted by atomic mass is 19.1. The highest BCUT2D eigenvalue weighted by Gasteiger charge is 2.20. The zero-order valence-electron chi connectivity index (χ0n) is 20.9. The Hall–Kier alpha value is -3.65. The summed E-state index contributed by atoms with van der Waals surface area (Å²) in [6.07, 6.45) is 8.47. The summed E-state index contributed by atoms with van der Waals surface area (Å²) in [5.41, 5.74) is 8.75. The van der Waals surface area contributed by atoms with E-state index in [2.05, 4.69) is 15.3 Å². The Morgan fingerprint density at radius 3 is 2.67 bits per heavy atom. The molecule has 1 aliphatic rings. The third kappa shape index (κ3) is 5.76. The summed E-state index contributed by atoms with van der Waals surface area (Å²) >= 11 is 0. The van der Waals surface area contributed by atoms with Crippen LogP contribution in [0.5, 0.6) is 0 Å². The molecule has 188 valence electrons. The lowest BCUT2D eigenvalue weighted by Gasteiger charge is -2.17. The maximum absolute atomic E-state index is 14.7. The molecule has 0 amide bonds. The van der Waals surface area contributed by atoms with Gasteiger partial charge in [0.05, 0.1) is 17.6 Å². The molecule has 4 rings (SSSR count). The van der Waals surface area contributed by atoms with Crippen molar-refractivity contribution in [2.45, 2.75) is 65.1 Å². The minimum absolute atomic E-state index is 0.0214. The number of nitrogens with two attached hydrogens (primary N) is 1. The van der Waals surface area contributed by atoms with Gasteiger partial charge in [-0.3, -0.25) is 14.6 Å². The van der Waals surface area contributed by atoms with Gasteiger partial charge in [-0.2, -0.15) is 0 Å². The van der Waals surface area contributed by atoms with E-state index in [4.69, 9.17) is 5.73 Å². The lowest BCUT2D eigenvalue weighted by atomic mass is 10.1. The normalized spacial score (nSPS) is 13.9. The van der Waals surface area contributed by atoms with Gasteiger partial charge in [-0.1, -0.05) is 19.9 Å². The van der Waals surface area contributed by atoms with E-state index >= 15 is 0 Å². The Labute approximate surface area is 210 Å². The molecule has 0 spiro atoms. The van der Waals surface area contributed by atoms with E-state index in [9.17, 15) is 14.0 Å². The van der Waals surface area contributed by atoms with Gasteiger partial charge in [0, 0.05) is 53.8 Å². The number of aryl methyl sites for hydroxylation is 1. The SMILES string of the molecule is CCC(CC)n1cc(-c2cnc(C)c(C(=O)C=C(N)c3ccc(CNC4CC4)cc3F)n2)ccc1=O. The number of hydrogen-bond acceptors (Lipinski definition) is 6. The Kier molecular flexibility index (Phi) is 7.74. The molecule has 2 heterocycles. The van der Waals surface area contributed by atoms with E-state index in [0.29, 0.717) is 29.5 Å². The van der Waals surface area contributed by atoms with Crippen LogP contribution in [0.25, 0.3) is 17.0 Å². The van der Waals surface area contributed by atoms with Gasteiger partial charge in [-0.15, -0.1) is 0 Å². The minimum atomic E-state index is -0.480. The van der Waals surface area contributed by atoms with Crippen LogP contribution in [0.2, 0.25) is 0 Å². The van der Waals surface area contributed by atoms with Gasteiger partial charge in [-0.05, 0) is 56.4 Å². The van der Waals surface area contributed by atoms with Crippen molar-refractivity contribution in [3.05, 3.63) is 87.5 Å². The molecule has 1 aliphatic carbocycles. The zero-order chi connectivity index (χ0) is 25.8. The van der Waals surface area contributed by atoms with Crippen molar-refractivity contribution in [3.8, 4) is 11.3 Å². The van der Waals surface area contributed by atoms with Crippen molar-refractivity contribution in [2.75, 3.05) is 0 Å². The van der Waals surface area contributed by atoms with Crippen LogP contribution in [-0.2, 0) is 6.54 Å². The van der Waals surface area contributed by atoms with Crippen LogP contribution in [0.15, 0.2) is 53.6 Å². The minimum Gasteiger partial charge on any atom is -0.398 e. The Bertz CT molecular complexity index is 1360. The number of rotatable bonds is 10. The van der Waals surface area contributed by atoms with Gasteiger partial charge < -0.3 is 15.6 Å². The van der Waals surface area contributed by atoms with Crippen molar-refractivity contribution >= 4 is 11.5 Å². The standard InChI is InChI=1S/C28H32FN5O2/c1-4-21(5-2)34-16-19(7-11-27(34)36)25-15-31-17(3)28(33-25)26(35)13-24(30)22-10-6-18(12-23(22)29)14-32-20-8-9-20/h6-7,10-13,15-16,20-21,32H,4-5,8-9,14,30H2,1-3H3. The summed E-state index contributed by atoms with van der Waals surface area (Å²) in [5.74, 6) is -0.946. The zero-order valence-corrected chi connectivity index (χ0v) is 20.9. The number of benzene rings is 1. The second-order valence-corrected chi connectivity index (χ2v) is 9.26. The topological polar surface area (TPSA) is 103 Å². The van der Waals surface area contributed by atoms with Crippen molar-refractivity contribution < 1.29 is 9.18 Å². The molecule has 0 bridgehead atoms. The second kappa shape index (κ2) is 11.0. The van der Waals surface area contributed by atoms with E-state index in [-0.39, 0.29) is 28.6 Å². The molecule has 2 aromatic heterocycles. The third-order valence-electron chi connectivity index (χ3n) is 6.56. The maximum Gasteiger partial charge on any atom is 0.250 e. The van der Waals surface area contributed by atoms with Crippen LogP contribution in [0.4, 0.5) is 4.39 Å². The molecule has 0 atom stereocenters. The number of pyridine rings is 1. The van der Waals surface area contributed by atoms with E-state index in [0.717, 1.165) is 31.2 Å². The quantitative estimate of drug-likeness (QED) is 0.320. The van der Waals surface area contributed by atoms with Gasteiger partial charge in [0.2, 0.25) is 5.78 Å². The van der Waals surface area contributed by atoms with Crippen LogP contribution in [0.1, 0.15) is 72.9 Å². The molecule has 1 saturated carbocycles. The van der Waals surface area contributed by atoms with Crippen LogP contribution >= 0.6 is 0 Å². The van der Waals surface area contributed by atoms with Crippen molar-refractivity contribution in [1.29, 1.82) is 0 Å². The van der Waals surface area contributed by atoms with Crippen LogP contribution < -0.4 is 16.6 Å². The van der Waals surface area contributed by atoms with Gasteiger partial charge in [0.1, 0.15) is 11.5 Å². The van der Waals surface area contributed by atoms with E-state index in [1.165, 1.54) is 18.2 Å². The molecular formula is C28H32FN5O2. The molecule has 1 aromatic carbocycles. The average Bonchev–Trinajstić information content (AvgIpc) is 3.69. The summed E-state index contributed by atoms with van der Waals surface area (Å²) < 4.78 is 16.4. The number of ketones is 1. The summed E-state index contributed by atoms with van der Waals surface area (Å²) in [5, 5.41) is 3.35. The first-order valence-electron chi connectivity index (χ1n) is 12.4. The number of halogens is 1. The lowest BCUT2D eigenvalue weighted by Crippen LogP contribution is -2.23. The predicted molar refractivity (Wildman–Crippen MR) is 139 cm³/mol.